The van der Waals surface area contributed by atoms with Crippen molar-refractivity contribution in [3.8, 4) is 0 Å². The Hall–Kier alpha value is -0.950. The third-order valence-electron chi connectivity index (χ3n) is 1.94. The monoisotopic (exact) mass is 264 g/mol. The second kappa shape index (κ2) is 9.12. The van der Waals surface area contributed by atoms with Gasteiger partial charge in [0.25, 0.3) is 0 Å². The topological polar surface area (TPSA) is 98.7 Å². The molecule has 0 aromatic rings. The van der Waals surface area contributed by atoms with Gasteiger partial charge in [0.2, 0.25) is 0 Å². The Morgan fingerprint density at radius 1 is 1.41 bits per heavy atom. The average Bonchev–Trinajstić information content (AvgIpc) is 2.25. The first-order valence-electron chi connectivity index (χ1n) is 5.50. The van der Waals surface area contributed by atoms with Gasteiger partial charge < -0.3 is 20.8 Å². The summed E-state index contributed by atoms with van der Waals surface area (Å²) in [5.74, 6) is 0.556. The van der Waals surface area contributed by atoms with Gasteiger partial charge >= 0.3 is 12.0 Å². The van der Waals surface area contributed by atoms with Gasteiger partial charge in [-0.05, 0) is 12.7 Å². The molecule has 17 heavy (non-hydrogen) atoms. The van der Waals surface area contributed by atoms with Crippen molar-refractivity contribution in [2.24, 2.45) is 0 Å². The Labute approximate surface area is 105 Å². The average molecular weight is 264 g/mol. The molecular formula is C10H20N2O4S. The molecule has 0 aliphatic rings. The summed E-state index contributed by atoms with van der Waals surface area (Å²) in [5.41, 5.74) is 0. The van der Waals surface area contributed by atoms with Gasteiger partial charge in [-0.15, -0.1) is 0 Å². The van der Waals surface area contributed by atoms with Gasteiger partial charge in [-0.25, -0.2) is 9.59 Å². The van der Waals surface area contributed by atoms with Gasteiger partial charge in [-0.2, -0.15) is 11.8 Å². The molecule has 2 amide bonds. The number of nitrogens with one attached hydrogen (secondary N) is 2. The maximum atomic E-state index is 11.3. The van der Waals surface area contributed by atoms with Gasteiger partial charge in [-0.1, -0.05) is 6.92 Å². The first-order chi connectivity index (χ1) is 7.97. The smallest absolute Gasteiger partial charge is 0.332 e. The lowest BCUT2D eigenvalue weighted by Crippen LogP contribution is -2.43. The van der Waals surface area contributed by atoms with Crippen LogP contribution in [0.1, 0.15) is 20.3 Å². The number of rotatable bonds is 8. The van der Waals surface area contributed by atoms with Crippen molar-refractivity contribution in [1.82, 2.24) is 10.6 Å². The summed E-state index contributed by atoms with van der Waals surface area (Å²) in [5, 5.41) is 22.6. The standard InChI is InChI=1S/C10H20N2O4S/c1-3-17-6-7(2)12-10(16)11-5-4-8(13)9(14)15/h7-8,13H,3-6H2,1-2H3,(H,14,15)(H2,11,12,16)/t7?,8-/m0/s1. The molecule has 4 N–H and O–H groups in total. The van der Waals surface area contributed by atoms with E-state index in [1.54, 1.807) is 11.8 Å². The third kappa shape index (κ3) is 8.82. The first-order valence-corrected chi connectivity index (χ1v) is 6.65. The molecule has 0 fully saturated rings. The van der Waals surface area contributed by atoms with Gasteiger partial charge in [0.05, 0.1) is 0 Å². The highest BCUT2D eigenvalue weighted by molar-refractivity contribution is 7.99. The van der Waals surface area contributed by atoms with E-state index in [-0.39, 0.29) is 25.0 Å². The number of aliphatic carboxylic acids is 1. The number of carbonyl (C=O) groups excluding carboxylic acids is 1. The molecule has 2 atom stereocenters. The van der Waals surface area contributed by atoms with Crippen LogP contribution in [0.15, 0.2) is 0 Å². The molecule has 0 aliphatic heterocycles. The van der Waals surface area contributed by atoms with Crippen LogP contribution in [0.25, 0.3) is 0 Å². The molecule has 0 aromatic carbocycles. The Kier molecular flexibility index (Phi) is 8.61. The summed E-state index contributed by atoms with van der Waals surface area (Å²) in [4.78, 5) is 21.6. The van der Waals surface area contributed by atoms with Crippen molar-refractivity contribution in [2.75, 3.05) is 18.1 Å². The molecule has 7 heteroatoms. The SMILES string of the molecule is CCSCC(C)NC(=O)NCC[C@H](O)C(=O)O. The Morgan fingerprint density at radius 3 is 2.59 bits per heavy atom. The Morgan fingerprint density at radius 2 is 2.06 bits per heavy atom. The van der Waals surface area contributed by atoms with Crippen LogP contribution < -0.4 is 10.6 Å². The predicted molar refractivity (Wildman–Crippen MR) is 67.3 cm³/mol. The number of hydrogen-bond acceptors (Lipinski definition) is 4. The zero-order chi connectivity index (χ0) is 13.3. The first kappa shape index (κ1) is 16.1. The zero-order valence-electron chi connectivity index (χ0n) is 10.1. The number of aliphatic hydroxyl groups excluding tert-OH is 1. The normalized spacial score (nSPS) is 13.8. The number of carboxylic acids is 1. The highest BCUT2D eigenvalue weighted by Crippen LogP contribution is 2.00. The van der Waals surface area contributed by atoms with Crippen LogP contribution in [0, 0.1) is 0 Å². The lowest BCUT2D eigenvalue weighted by molar-refractivity contribution is -0.146. The number of urea groups is 1. The maximum Gasteiger partial charge on any atom is 0.332 e. The van der Waals surface area contributed by atoms with E-state index in [4.69, 9.17) is 10.2 Å². The Bertz CT molecular complexity index is 250. The highest BCUT2D eigenvalue weighted by Gasteiger charge is 2.13. The molecule has 0 aliphatic carbocycles. The Balaban J connectivity index is 3.62. The number of hydrogen-bond donors (Lipinski definition) is 4. The van der Waals surface area contributed by atoms with Gasteiger partial charge in [0, 0.05) is 24.8 Å². The lowest BCUT2D eigenvalue weighted by atomic mass is 10.2. The van der Waals surface area contributed by atoms with Gasteiger partial charge in [0.1, 0.15) is 0 Å². The molecular weight excluding hydrogens is 244 g/mol. The second-order valence-electron chi connectivity index (χ2n) is 3.60. The van der Waals surface area contributed by atoms with E-state index >= 15 is 0 Å². The van der Waals surface area contributed by atoms with E-state index in [0.717, 1.165) is 11.5 Å². The minimum Gasteiger partial charge on any atom is -0.479 e. The number of aliphatic hydroxyl groups is 1. The van der Waals surface area contributed by atoms with Crippen LogP contribution in [0.3, 0.4) is 0 Å². The molecule has 6 nitrogen and oxygen atoms in total. The van der Waals surface area contributed by atoms with E-state index in [1.165, 1.54) is 0 Å². The molecule has 0 saturated carbocycles. The molecule has 1 unspecified atom stereocenters. The van der Waals surface area contributed by atoms with Gasteiger partial charge in [0.15, 0.2) is 6.10 Å². The minimum atomic E-state index is -1.43. The molecule has 0 aromatic heterocycles. The summed E-state index contributed by atoms with van der Waals surface area (Å²) in [6.45, 7) is 4.08. The van der Waals surface area contributed by atoms with Crippen molar-refractivity contribution >= 4 is 23.8 Å². The van der Waals surface area contributed by atoms with Crippen molar-refractivity contribution in [1.29, 1.82) is 0 Å². The number of thioether (sulfide) groups is 1. The van der Waals surface area contributed by atoms with Crippen LogP contribution in [-0.2, 0) is 4.79 Å². The van der Waals surface area contributed by atoms with Crippen LogP contribution in [0.5, 0.6) is 0 Å². The molecule has 0 bridgehead atoms. The summed E-state index contributed by atoms with van der Waals surface area (Å²) in [7, 11) is 0. The fourth-order valence-corrected chi connectivity index (χ4v) is 1.73. The number of amides is 2. The van der Waals surface area contributed by atoms with Crippen LogP contribution in [0.4, 0.5) is 4.79 Å². The number of carbonyl (C=O) groups is 2. The second-order valence-corrected chi connectivity index (χ2v) is 4.92. The van der Waals surface area contributed by atoms with E-state index in [1.807, 2.05) is 13.8 Å². The molecule has 100 valence electrons. The zero-order valence-corrected chi connectivity index (χ0v) is 10.9. The van der Waals surface area contributed by atoms with Crippen molar-refractivity contribution in [3.05, 3.63) is 0 Å². The fraction of sp³-hybridized carbons (Fsp3) is 0.800. The predicted octanol–water partition coefficient (Wildman–Crippen LogP) is 0.263. The van der Waals surface area contributed by atoms with Crippen molar-refractivity contribution in [3.63, 3.8) is 0 Å². The van der Waals surface area contributed by atoms with Crippen LogP contribution in [0.2, 0.25) is 0 Å². The quantitative estimate of drug-likeness (QED) is 0.504. The number of carboxylic acid groups (broad SMARTS) is 1. The van der Waals surface area contributed by atoms with E-state index < -0.39 is 12.1 Å². The minimum absolute atomic E-state index is 0.000838. The molecule has 0 rings (SSSR count). The van der Waals surface area contributed by atoms with Crippen LogP contribution >= 0.6 is 11.8 Å². The summed E-state index contributed by atoms with van der Waals surface area (Å²) >= 11 is 1.73. The highest BCUT2D eigenvalue weighted by atomic mass is 32.2. The van der Waals surface area contributed by atoms with Gasteiger partial charge in [-0.3, -0.25) is 0 Å². The van der Waals surface area contributed by atoms with Crippen molar-refractivity contribution in [2.45, 2.75) is 32.4 Å². The molecule has 0 radical (unpaired) electrons. The molecule has 0 saturated heterocycles. The summed E-state index contributed by atoms with van der Waals surface area (Å²) in [6.07, 6.45) is -1.43. The fourth-order valence-electron chi connectivity index (χ4n) is 1.06. The molecule has 0 heterocycles. The largest absolute Gasteiger partial charge is 0.479 e. The molecule has 0 spiro atoms. The van der Waals surface area contributed by atoms with E-state index in [0.29, 0.717) is 0 Å². The summed E-state index contributed by atoms with van der Waals surface area (Å²) in [6, 6.07) is -0.281. The third-order valence-corrected chi connectivity index (χ3v) is 3.08. The lowest BCUT2D eigenvalue weighted by Gasteiger charge is -2.14. The van der Waals surface area contributed by atoms with Crippen molar-refractivity contribution < 1.29 is 19.8 Å². The van der Waals surface area contributed by atoms with E-state index in [9.17, 15) is 9.59 Å². The van der Waals surface area contributed by atoms with E-state index in [2.05, 4.69) is 10.6 Å². The summed E-state index contributed by atoms with van der Waals surface area (Å²) < 4.78 is 0. The maximum absolute atomic E-state index is 11.3. The van der Waals surface area contributed by atoms with Crippen LogP contribution in [-0.4, -0.2) is 52.4 Å².